The van der Waals surface area contributed by atoms with Crippen molar-refractivity contribution in [2.75, 3.05) is 6.54 Å². The lowest BCUT2D eigenvalue weighted by atomic mass is 10.2. The molecule has 0 aliphatic heterocycles. The van der Waals surface area contributed by atoms with Crippen LogP contribution in [0.3, 0.4) is 0 Å². The minimum Gasteiger partial charge on any atom is -0.354 e. The molecular formula is C12H19ClN2OS. The second-order valence-electron chi connectivity index (χ2n) is 4.49. The van der Waals surface area contributed by atoms with Crippen molar-refractivity contribution >= 4 is 29.7 Å². The molecule has 3 N–H and O–H groups in total. The van der Waals surface area contributed by atoms with E-state index in [1.807, 2.05) is 12.1 Å². The van der Waals surface area contributed by atoms with Crippen molar-refractivity contribution in [2.45, 2.75) is 32.2 Å². The van der Waals surface area contributed by atoms with Crippen molar-refractivity contribution in [3.8, 4) is 0 Å². The van der Waals surface area contributed by atoms with Gasteiger partial charge in [-0.05, 0) is 37.8 Å². The number of hydrogen-bond acceptors (Lipinski definition) is 3. The minimum atomic E-state index is 0. The first kappa shape index (κ1) is 14.5. The van der Waals surface area contributed by atoms with Gasteiger partial charge >= 0.3 is 0 Å². The van der Waals surface area contributed by atoms with Gasteiger partial charge in [-0.15, -0.1) is 23.7 Å². The Balaban J connectivity index is 0.00000144. The van der Waals surface area contributed by atoms with E-state index in [0.717, 1.165) is 4.88 Å². The number of carbonyl (C=O) groups excluding carboxylic acids is 1. The van der Waals surface area contributed by atoms with Crippen molar-refractivity contribution in [3.05, 3.63) is 21.9 Å². The molecule has 1 aromatic heterocycles. The maximum atomic E-state index is 11.6. The fourth-order valence-corrected chi connectivity index (χ4v) is 2.61. The van der Waals surface area contributed by atoms with Crippen LogP contribution in [0.4, 0.5) is 0 Å². The number of rotatable bonds is 5. The normalized spacial score (nSPS) is 16.1. The Bertz CT molecular complexity index is 376. The van der Waals surface area contributed by atoms with E-state index in [0.29, 0.717) is 18.9 Å². The van der Waals surface area contributed by atoms with Gasteiger partial charge in [0, 0.05) is 22.3 Å². The first-order valence-corrected chi connectivity index (χ1v) is 6.54. The largest absolute Gasteiger partial charge is 0.354 e. The lowest BCUT2D eigenvalue weighted by molar-refractivity contribution is -0.120. The van der Waals surface area contributed by atoms with Crippen LogP contribution in [0.2, 0.25) is 0 Å². The molecule has 0 radical (unpaired) electrons. The predicted molar refractivity (Wildman–Crippen MR) is 73.7 cm³/mol. The molecule has 17 heavy (non-hydrogen) atoms. The van der Waals surface area contributed by atoms with E-state index in [9.17, 15) is 4.79 Å². The van der Waals surface area contributed by atoms with Gasteiger partial charge < -0.3 is 11.1 Å². The molecule has 5 heteroatoms. The van der Waals surface area contributed by atoms with Crippen molar-refractivity contribution in [1.29, 1.82) is 0 Å². The number of halogens is 1. The summed E-state index contributed by atoms with van der Waals surface area (Å²) in [4.78, 5) is 14.0. The summed E-state index contributed by atoms with van der Waals surface area (Å²) in [5.41, 5.74) is 5.91. The molecule has 1 aliphatic carbocycles. The van der Waals surface area contributed by atoms with Gasteiger partial charge in [-0.2, -0.15) is 0 Å². The van der Waals surface area contributed by atoms with Crippen LogP contribution < -0.4 is 11.1 Å². The van der Waals surface area contributed by atoms with Crippen LogP contribution in [0.5, 0.6) is 0 Å². The van der Waals surface area contributed by atoms with Crippen LogP contribution in [-0.2, 0) is 11.2 Å². The Morgan fingerprint density at radius 1 is 1.59 bits per heavy atom. The van der Waals surface area contributed by atoms with Crippen LogP contribution in [0, 0.1) is 12.8 Å². The lowest BCUT2D eigenvalue weighted by Crippen LogP contribution is -2.39. The molecule has 1 aromatic rings. The third-order valence-electron chi connectivity index (χ3n) is 2.89. The van der Waals surface area contributed by atoms with E-state index in [-0.39, 0.29) is 24.4 Å². The molecule has 0 aromatic carbocycles. The number of nitrogens with two attached hydrogens (primary N) is 1. The number of amides is 1. The van der Waals surface area contributed by atoms with Gasteiger partial charge in [-0.3, -0.25) is 4.79 Å². The van der Waals surface area contributed by atoms with E-state index in [4.69, 9.17) is 5.73 Å². The van der Waals surface area contributed by atoms with Crippen LogP contribution in [0.1, 0.15) is 22.6 Å². The average molecular weight is 275 g/mol. The number of nitrogens with one attached hydrogen (secondary N) is 1. The van der Waals surface area contributed by atoms with Gasteiger partial charge in [0.2, 0.25) is 5.91 Å². The van der Waals surface area contributed by atoms with Crippen molar-refractivity contribution in [1.82, 2.24) is 5.32 Å². The van der Waals surface area contributed by atoms with Gasteiger partial charge in [-0.1, -0.05) is 0 Å². The third kappa shape index (κ3) is 4.66. The molecule has 3 nitrogen and oxygen atoms in total. The Labute approximate surface area is 112 Å². The molecule has 1 atom stereocenters. The molecule has 2 rings (SSSR count). The highest BCUT2D eigenvalue weighted by molar-refractivity contribution is 7.12. The average Bonchev–Trinajstić information content (AvgIpc) is 3.01. The predicted octanol–water partition coefficient (Wildman–Crippen LogP) is 1.87. The summed E-state index contributed by atoms with van der Waals surface area (Å²) < 4.78 is 0. The maximum Gasteiger partial charge on any atom is 0.225 e. The van der Waals surface area contributed by atoms with Gasteiger partial charge in [0.15, 0.2) is 0 Å². The molecule has 1 heterocycles. The Kier molecular flexibility index (Phi) is 5.43. The van der Waals surface area contributed by atoms with Crippen molar-refractivity contribution in [2.24, 2.45) is 11.7 Å². The summed E-state index contributed by atoms with van der Waals surface area (Å²) in [7, 11) is 0. The van der Waals surface area contributed by atoms with E-state index in [1.165, 1.54) is 17.7 Å². The van der Waals surface area contributed by atoms with E-state index in [2.05, 4.69) is 12.2 Å². The lowest BCUT2D eigenvalue weighted by Gasteiger charge is -2.10. The maximum absolute atomic E-state index is 11.6. The molecule has 0 spiro atoms. The van der Waals surface area contributed by atoms with Gasteiger partial charge in [0.05, 0.1) is 6.42 Å². The van der Waals surface area contributed by atoms with Crippen LogP contribution in [-0.4, -0.2) is 18.5 Å². The Hall–Kier alpha value is -0.580. The fraction of sp³-hybridized carbons (Fsp3) is 0.583. The SMILES string of the molecule is Cc1ccc(CC(=O)NCC(N)C2CC2)s1.Cl. The number of aryl methyl sites for hydroxylation is 1. The second-order valence-corrected chi connectivity index (χ2v) is 5.87. The summed E-state index contributed by atoms with van der Waals surface area (Å²) >= 11 is 1.68. The van der Waals surface area contributed by atoms with Crippen molar-refractivity contribution in [3.63, 3.8) is 0 Å². The molecule has 0 saturated heterocycles. The zero-order valence-electron chi connectivity index (χ0n) is 9.94. The summed E-state index contributed by atoms with van der Waals surface area (Å²) in [5.74, 6) is 0.724. The molecule has 1 unspecified atom stereocenters. The molecule has 1 fully saturated rings. The highest BCUT2D eigenvalue weighted by Gasteiger charge is 2.28. The van der Waals surface area contributed by atoms with E-state index < -0.39 is 0 Å². The topological polar surface area (TPSA) is 55.1 Å². The monoisotopic (exact) mass is 274 g/mol. The Morgan fingerprint density at radius 2 is 2.29 bits per heavy atom. The number of hydrogen-bond donors (Lipinski definition) is 2. The number of carbonyl (C=O) groups is 1. The minimum absolute atomic E-state index is 0. The zero-order valence-corrected chi connectivity index (χ0v) is 11.6. The Morgan fingerprint density at radius 3 is 2.82 bits per heavy atom. The summed E-state index contributed by atoms with van der Waals surface area (Å²) in [6, 6.07) is 4.21. The molecule has 1 saturated carbocycles. The highest BCUT2D eigenvalue weighted by Crippen LogP contribution is 2.31. The van der Waals surface area contributed by atoms with E-state index in [1.54, 1.807) is 11.3 Å². The molecule has 1 aliphatic rings. The highest BCUT2D eigenvalue weighted by atomic mass is 35.5. The third-order valence-corrected chi connectivity index (χ3v) is 3.89. The molecule has 96 valence electrons. The zero-order chi connectivity index (χ0) is 11.5. The quantitative estimate of drug-likeness (QED) is 0.861. The standard InChI is InChI=1S/C12H18N2OS.ClH/c1-8-2-5-10(16-8)6-12(15)14-7-11(13)9-3-4-9;/h2,5,9,11H,3-4,6-7,13H2,1H3,(H,14,15);1H. The second kappa shape index (κ2) is 6.38. The summed E-state index contributed by atoms with van der Waals surface area (Å²) in [6.07, 6.45) is 2.93. The van der Waals surface area contributed by atoms with Gasteiger partial charge in [0.1, 0.15) is 0 Å². The summed E-state index contributed by atoms with van der Waals surface area (Å²) in [5, 5.41) is 2.90. The molecule has 1 amide bonds. The van der Waals surface area contributed by atoms with Crippen LogP contribution >= 0.6 is 23.7 Å². The first-order chi connectivity index (χ1) is 7.65. The summed E-state index contributed by atoms with van der Waals surface area (Å²) in [6.45, 7) is 2.67. The first-order valence-electron chi connectivity index (χ1n) is 5.73. The van der Waals surface area contributed by atoms with E-state index >= 15 is 0 Å². The molecular weight excluding hydrogens is 256 g/mol. The van der Waals surface area contributed by atoms with Crippen molar-refractivity contribution < 1.29 is 4.79 Å². The smallest absolute Gasteiger partial charge is 0.225 e. The van der Waals surface area contributed by atoms with Crippen LogP contribution in [0.15, 0.2) is 12.1 Å². The van der Waals surface area contributed by atoms with Crippen LogP contribution in [0.25, 0.3) is 0 Å². The van der Waals surface area contributed by atoms with Gasteiger partial charge in [0.25, 0.3) is 0 Å². The fourth-order valence-electron chi connectivity index (χ4n) is 1.72. The molecule has 0 bridgehead atoms. The number of thiophene rings is 1. The van der Waals surface area contributed by atoms with Gasteiger partial charge in [-0.25, -0.2) is 0 Å².